The number of urea groups is 1. The second-order valence-corrected chi connectivity index (χ2v) is 6.88. The average Bonchev–Trinajstić information content (AvgIpc) is 2.91. The average molecular weight is 323 g/mol. The zero-order chi connectivity index (χ0) is 15.6. The highest BCUT2D eigenvalue weighted by atomic mass is 35.5. The van der Waals surface area contributed by atoms with E-state index < -0.39 is 0 Å². The van der Waals surface area contributed by atoms with Crippen molar-refractivity contribution in [2.75, 3.05) is 25.5 Å². The molecule has 22 heavy (non-hydrogen) atoms. The number of piperidine rings is 1. The topological polar surface area (TPSA) is 41.6 Å². The van der Waals surface area contributed by atoms with Gasteiger partial charge in [0.25, 0.3) is 0 Å². The highest BCUT2D eigenvalue weighted by Crippen LogP contribution is 2.46. The summed E-state index contributed by atoms with van der Waals surface area (Å²) in [5.74, 6) is 0. The molecule has 1 spiro atoms. The first-order valence-corrected chi connectivity index (χ1v) is 8.35. The van der Waals surface area contributed by atoms with Gasteiger partial charge in [-0.1, -0.05) is 18.0 Å². The van der Waals surface area contributed by atoms with Crippen LogP contribution in [-0.2, 0) is 4.74 Å². The van der Waals surface area contributed by atoms with Crippen LogP contribution in [0.25, 0.3) is 0 Å². The Balaban J connectivity index is 1.66. The Kier molecular flexibility index (Phi) is 4.59. The number of hydrogen-bond donors (Lipinski definition) is 1. The number of carbonyl (C=O) groups excluding carboxylic acids is 1. The summed E-state index contributed by atoms with van der Waals surface area (Å²) in [6.07, 6.45) is 5.98. The second-order valence-electron chi connectivity index (χ2n) is 6.44. The molecule has 2 amide bonds. The van der Waals surface area contributed by atoms with Crippen molar-refractivity contribution < 1.29 is 9.53 Å². The number of amides is 2. The molecule has 1 heterocycles. The van der Waals surface area contributed by atoms with Crippen LogP contribution in [0.15, 0.2) is 24.3 Å². The highest BCUT2D eigenvalue weighted by Gasteiger charge is 2.46. The van der Waals surface area contributed by atoms with E-state index in [4.69, 9.17) is 16.3 Å². The summed E-state index contributed by atoms with van der Waals surface area (Å²) in [5, 5.41) is 3.64. The van der Waals surface area contributed by atoms with Crippen molar-refractivity contribution in [3.63, 3.8) is 0 Å². The summed E-state index contributed by atoms with van der Waals surface area (Å²) >= 11 is 5.87. The van der Waals surface area contributed by atoms with Gasteiger partial charge in [-0.15, -0.1) is 0 Å². The summed E-state index contributed by atoms with van der Waals surface area (Å²) in [7, 11) is 1.80. The first-order chi connectivity index (χ1) is 10.6. The van der Waals surface area contributed by atoms with Crippen LogP contribution in [0, 0.1) is 5.41 Å². The molecule has 1 aromatic carbocycles. The van der Waals surface area contributed by atoms with Gasteiger partial charge in [0.05, 0.1) is 6.10 Å². The smallest absolute Gasteiger partial charge is 0.321 e. The summed E-state index contributed by atoms with van der Waals surface area (Å²) in [4.78, 5) is 14.5. The predicted octanol–water partition coefficient (Wildman–Crippen LogP) is 4.15. The fraction of sp³-hybridized carbons (Fsp3) is 0.588. The predicted molar refractivity (Wildman–Crippen MR) is 88.4 cm³/mol. The monoisotopic (exact) mass is 322 g/mol. The molecular weight excluding hydrogens is 300 g/mol. The third-order valence-electron chi connectivity index (χ3n) is 5.10. The number of methoxy groups -OCH3 is 1. The number of likely N-dealkylation sites (tertiary alicyclic amines) is 1. The molecule has 0 aromatic heterocycles. The number of rotatable bonds is 2. The molecule has 1 N–H and O–H groups in total. The van der Waals surface area contributed by atoms with Gasteiger partial charge in [-0.05, 0) is 49.9 Å². The van der Waals surface area contributed by atoms with E-state index in [0.29, 0.717) is 11.1 Å². The molecule has 2 aliphatic rings. The molecule has 0 radical (unpaired) electrons. The molecule has 1 aliphatic heterocycles. The van der Waals surface area contributed by atoms with Gasteiger partial charge in [-0.2, -0.15) is 0 Å². The third kappa shape index (κ3) is 3.08. The molecule has 0 unspecified atom stereocenters. The number of ether oxygens (including phenoxy) is 1. The normalized spacial score (nSPS) is 28.1. The molecule has 4 nitrogen and oxygen atoms in total. The van der Waals surface area contributed by atoms with Crippen molar-refractivity contribution in [1.29, 1.82) is 0 Å². The summed E-state index contributed by atoms with van der Waals surface area (Å²) in [6.45, 7) is 1.61. The highest BCUT2D eigenvalue weighted by molar-refractivity contribution is 6.30. The van der Waals surface area contributed by atoms with Crippen LogP contribution in [0.5, 0.6) is 0 Å². The van der Waals surface area contributed by atoms with Crippen LogP contribution in [0.3, 0.4) is 0 Å². The Morgan fingerprint density at radius 2 is 2.05 bits per heavy atom. The number of halogens is 1. The number of benzene rings is 1. The molecule has 2 fully saturated rings. The lowest BCUT2D eigenvalue weighted by molar-refractivity contribution is -0.0244. The van der Waals surface area contributed by atoms with Crippen LogP contribution in [0.1, 0.15) is 32.1 Å². The maximum Gasteiger partial charge on any atom is 0.321 e. The molecule has 1 saturated heterocycles. The van der Waals surface area contributed by atoms with Crippen LogP contribution >= 0.6 is 11.6 Å². The van der Waals surface area contributed by atoms with E-state index in [9.17, 15) is 4.79 Å². The van der Waals surface area contributed by atoms with E-state index in [1.807, 2.05) is 17.0 Å². The minimum absolute atomic E-state index is 0.0249. The SMILES string of the molecule is CO[C@@H]1CCC[C@]12CCCN(C(=O)Nc1ccc(Cl)cc1)C2. The number of anilines is 1. The van der Waals surface area contributed by atoms with Crippen molar-refractivity contribution in [2.24, 2.45) is 5.41 Å². The summed E-state index contributed by atoms with van der Waals surface area (Å²) < 4.78 is 5.69. The van der Waals surface area contributed by atoms with E-state index in [1.54, 1.807) is 19.2 Å². The molecule has 3 rings (SSSR count). The molecule has 1 aromatic rings. The van der Waals surface area contributed by atoms with Crippen LogP contribution in [0.2, 0.25) is 5.02 Å². The van der Waals surface area contributed by atoms with Crippen molar-refractivity contribution in [1.82, 2.24) is 4.90 Å². The van der Waals surface area contributed by atoms with Gasteiger partial charge in [-0.25, -0.2) is 4.79 Å². The lowest BCUT2D eigenvalue weighted by Crippen LogP contribution is -2.51. The van der Waals surface area contributed by atoms with Gasteiger partial charge < -0.3 is 15.0 Å². The molecule has 2 atom stereocenters. The fourth-order valence-electron chi connectivity index (χ4n) is 4.01. The van der Waals surface area contributed by atoms with Gasteiger partial charge in [0.2, 0.25) is 0 Å². The van der Waals surface area contributed by atoms with Crippen LogP contribution < -0.4 is 5.32 Å². The Morgan fingerprint density at radius 3 is 2.77 bits per heavy atom. The van der Waals surface area contributed by atoms with E-state index in [-0.39, 0.29) is 11.4 Å². The Bertz CT molecular complexity index is 534. The van der Waals surface area contributed by atoms with Crippen molar-refractivity contribution >= 4 is 23.3 Å². The quantitative estimate of drug-likeness (QED) is 0.888. The van der Waals surface area contributed by atoms with Crippen molar-refractivity contribution in [3.05, 3.63) is 29.3 Å². The van der Waals surface area contributed by atoms with Gasteiger partial charge in [0.15, 0.2) is 0 Å². The van der Waals surface area contributed by atoms with Crippen molar-refractivity contribution in [3.8, 4) is 0 Å². The Morgan fingerprint density at radius 1 is 1.32 bits per heavy atom. The van der Waals surface area contributed by atoms with Crippen LogP contribution in [-0.4, -0.2) is 37.2 Å². The lowest BCUT2D eigenvalue weighted by atomic mass is 9.76. The molecule has 1 saturated carbocycles. The molecule has 5 heteroatoms. The minimum Gasteiger partial charge on any atom is -0.381 e. The van der Waals surface area contributed by atoms with Crippen molar-refractivity contribution in [2.45, 2.75) is 38.2 Å². The number of hydrogen-bond acceptors (Lipinski definition) is 2. The zero-order valence-corrected chi connectivity index (χ0v) is 13.7. The minimum atomic E-state index is -0.0249. The zero-order valence-electron chi connectivity index (χ0n) is 13.0. The first-order valence-electron chi connectivity index (χ1n) is 7.97. The number of nitrogens with one attached hydrogen (secondary N) is 1. The summed E-state index contributed by atoms with van der Waals surface area (Å²) in [6, 6.07) is 7.20. The number of nitrogens with zero attached hydrogens (tertiary/aromatic N) is 1. The van der Waals surface area contributed by atoms with Gasteiger partial charge in [-0.3, -0.25) is 0 Å². The van der Waals surface area contributed by atoms with Gasteiger partial charge >= 0.3 is 6.03 Å². The molecule has 0 bridgehead atoms. The Hall–Kier alpha value is -1.26. The van der Waals surface area contributed by atoms with E-state index in [2.05, 4.69) is 5.32 Å². The molecular formula is C17H23ClN2O2. The maximum absolute atomic E-state index is 12.5. The first kappa shape index (κ1) is 15.6. The largest absolute Gasteiger partial charge is 0.381 e. The van der Waals surface area contributed by atoms with E-state index in [0.717, 1.165) is 44.5 Å². The second kappa shape index (κ2) is 6.47. The van der Waals surface area contributed by atoms with Crippen LogP contribution in [0.4, 0.5) is 10.5 Å². The summed E-state index contributed by atoms with van der Waals surface area (Å²) in [5.41, 5.74) is 0.938. The molecule has 120 valence electrons. The lowest BCUT2D eigenvalue weighted by Gasteiger charge is -2.43. The third-order valence-corrected chi connectivity index (χ3v) is 5.35. The Labute approximate surface area is 136 Å². The van der Waals surface area contributed by atoms with Gasteiger partial charge in [0, 0.05) is 36.3 Å². The van der Waals surface area contributed by atoms with Gasteiger partial charge in [0.1, 0.15) is 0 Å². The van der Waals surface area contributed by atoms with E-state index >= 15 is 0 Å². The number of carbonyl (C=O) groups is 1. The standard InChI is InChI=1S/C17H23ClN2O2/c1-22-15-4-2-9-17(15)10-3-11-20(12-17)16(21)19-14-7-5-13(18)6-8-14/h5-8,15H,2-4,9-12H2,1H3,(H,19,21)/t15-,17-/m1/s1. The maximum atomic E-state index is 12.5. The molecule has 1 aliphatic carbocycles. The fourth-order valence-corrected chi connectivity index (χ4v) is 4.14. The van der Waals surface area contributed by atoms with E-state index in [1.165, 1.54) is 6.42 Å².